The second-order valence-corrected chi connectivity index (χ2v) is 11.0. The van der Waals surface area contributed by atoms with E-state index in [0.717, 1.165) is 39.0 Å². The summed E-state index contributed by atoms with van der Waals surface area (Å²) in [6.45, 7) is 7.32. The van der Waals surface area contributed by atoms with Crippen molar-refractivity contribution in [3.8, 4) is 0 Å². The summed E-state index contributed by atoms with van der Waals surface area (Å²) >= 11 is 6.76. The number of fused-ring (bicyclic) bond motifs is 1. The number of pyridine rings is 1. The van der Waals surface area contributed by atoms with E-state index >= 15 is 0 Å². The second kappa shape index (κ2) is 9.19. The van der Waals surface area contributed by atoms with Crippen molar-refractivity contribution in [3.05, 3.63) is 45.2 Å². The Morgan fingerprint density at radius 3 is 2.76 bits per heavy atom. The highest BCUT2D eigenvalue weighted by molar-refractivity contribution is 8.26. The number of anilines is 1. The van der Waals surface area contributed by atoms with Crippen LogP contribution >= 0.6 is 24.0 Å². The molecule has 7 nitrogen and oxygen atoms in total. The molecule has 3 aliphatic heterocycles. The molecule has 3 saturated heterocycles. The van der Waals surface area contributed by atoms with E-state index in [-0.39, 0.29) is 17.6 Å². The third kappa shape index (κ3) is 4.46. The first-order valence-corrected chi connectivity index (χ1v) is 12.8. The molecule has 9 heteroatoms. The van der Waals surface area contributed by atoms with Gasteiger partial charge in [-0.3, -0.25) is 18.9 Å². The zero-order valence-corrected chi connectivity index (χ0v) is 20.5. The number of aromatic nitrogens is 2. The molecule has 3 fully saturated rings. The highest BCUT2D eigenvalue weighted by atomic mass is 32.2. The first-order valence-electron chi connectivity index (χ1n) is 11.5. The fourth-order valence-electron chi connectivity index (χ4n) is 5.07. The van der Waals surface area contributed by atoms with Gasteiger partial charge in [0, 0.05) is 25.9 Å². The molecule has 3 aliphatic rings. The SMILES string of the molecule is C[C@@H]1C[C@@H](C)CN(c2nc3ccccn3c(=O)c2/C=C2\SC(=S)N(C[C@H]3CCCO3)C2=O)C1. The van der Waals surface area contributed by atoms with E-state index in [1.54, 1.807) is 21.6 Å². The van der Waals surface area contributed by atoms with E-state index < -0.39 is 0 Å². The quantitative estimate of drug-likeness (QED) is 0.486. The van der Waals surface area contributed by atoms with Crippen molar-refractivity contribution in [1.29, 1.82) is 0 Å². The number of carbonyl (C=O) groups is 1. The summed E-state index contributed by atoms with van der Waals surface area (Å²) in [6.07, 6.45) is 6.53. The summed E-state index contributed by atoms with van der Waals surface area (Å²) in [4.78, 5) is 35.9. The van der Waals surface area contributed by atoms with Crippen LogP contribution in [0.4, 0.5) is 5.82 Å². The van der Waals surface area contributed by atoms with E-state index in [1.807, 2.05) is 18.2 Å². The summed E-state index contributed by atoms with van der Waals surface area (Å²) in [5.41, 5.74) is 0.870. The molecule has 2 aromatic heterocycles. The zero-order valence-electron chi connectivity index (χ0n) is 18.9. The lowest BCUT2D eigenvalue weighted by Crippen LogP contribution is -2.40. The second-order valence-electron chi connectivity index (χ2n) is 9.36. The summed E-state index contributed by atoms with van der Waals surface area (Å²) in [6, 6.07) is 5.53. The van der Waals surface area contributed by atoms with Crippen LogP contribution in [0.5, 0.6) is 0 Å². The highest BCUT2D eigenvalue weighted by Crippen LogP contribution is 2.35. The fraction of sp³-hybridized carbons (Fsp3) is 0.500. The van der Waals surface area contributed by atoms with Crippen LogP contribution in [0.15, 0.2) is 34.1 Å². The molecular weight excluding hydrogens is 456 g/mol. The van der Waals surface area contributed by atoms with Crippen LogP contribution in [0.3, 0.4) is 0 Å². The Hall–Kier alpha value is -2.23. The number of hydrogen-bond acceptors (Lipinski definition) is 7. The van der Waals surface area contributed by atoms with Gasteiger partial charge in [0.1, 0.15) is 15.8 Å². The largest absolute Gasteiger partial charge is 0.376 e. The van der Waals surface area contributed by atoms with Crippen LogP contribution in [0.1, 0.15) is 38.7 Å². The number of piperidine rings is 1. The van der Waals surface area contributed by atoms with Crippen molar-refractivity contribution in [1.82, 2.24) is 14.3 Å². The maximum absolute atomic E-state index is 13.6. The molecule has 0 spiro atoms. The average molecular weight is 485 g/mol. The Labute approximate surface area is 202 Å². The van der Waals surface area contributed by atoms with Crippen molar-refractivity contribution in [2.24, 2.45) is 11.8 Å². The number of thioether (sulfide) groups is 1. The highest BCUT2D eigenvalue weighted by Gasteiger charge is 2.35. The molecule has 2 aromatic rings. The topological polar surface area (TPSA) is 67.2 Å². The summed E-state index contributed by atoms with van der Waals surface area (Å²) in [5, 5.41) is 0. The number of amides is 1. The molecule has 3 atom stereocenters. The minimum absolute atomic E-state index is 0.0201. The number of hydrogen-bond donors (Lipinski definition) is 0. The van der Waals surface area contributed by atoms with Crippen molar-refractivity contribution < 1.29 is 9.53 Å². The van der Waals surface area contributed by atoms with Crippen LogP contribution in [-0.4, -0.2) is 56.9 Å². The molecule has 0 aliphatic carbocycles. The van der Waals surface area contributed by atoms with Gasteiger partial charge >= 0.3 is 0 Å². The predicted octanol–water partition coefficient (Wildman–Crippen LogP) is 3.56. The standard InChI is InChI=1S/C24H28N4O3S2/c1-15-10-16(2)13-26(12-15)21-18(22(29)27-8-4-3-7-20(27)25-21)11-19-23(30)28(24(32)33-19)14-17-6-5-9-31-17/h3-4,7-8,11,15-17H,5-6,9-10,12-14H2,1-2H3/b19-11-/t15-,16-,17-/m1/s1. The predicted molar refractivity (Wildman–Crippen MR) is 135 cm³/mol. The lowest BCUT2D eigenvalue weighted by molar-refractivity contribution is -0.123. The minimum atomic E-state index is -0.175. The Kier molecular flexibility index (Phi) is 6.28. The number of rotatable bonds is 4. The first kappa shape index (κ1) is 22.6. The average Bonchev–Trinajstić information content (AvgIpc) is 3.39. The number of carbonyl (C=O) groups excluding carboxylic acids is 1. The Morgan fingerprint density at radius 2 is 2.03 bits per heavy atom. The molecule has 1 amide bonds. The van der Waals surface area contributed by atoms with Gasteiger partial charge in [-0.2, -0.15) is 0 Å². The van der Waals surface area contributed by atoms with Crippen LogP contribution in [0.25, 0.3) is 11.7 Å². The van der Waals surface area contributed by atoms with Crippen LogP contribution in [0, 0.1) is 11.8 Å². The van der Waals surface area contributed by atoms with Gasteiger partial charge in [-0.15, -0.1) is 0 Å². The smallest absolute Gasteiger partial charge is 0.267 e. The molecule has 33 heavy (non-hydrogen) atoms. The van der Waals surface area contributed by atoms with Gasteiger partial charge < -0.3 is 9.64 Å². The van der Waals surface area contributed by atoms with Crippen molar-refractivity contribution in [2.75, 3.05) is 31.1 Å². The van der Waals surface area contributed by atoms with Gasteiger partial charge in [-0.1, -0.05) is 43.9 Å². The van der Waals surface area contributed by atoms with E-state index in [2.05, 4.69) is 18.7 Å². The summed E-state index contributed by atoms with van der Waals surface area (Å²) in [5.74, 6) is 1.49. The third-order valence-electron chi connectivity index (χ3n) is 6.48. The van der Waals surface area contributed by atoms with E-state index in [0.29, 0.717) is 44.6 Å². The van der Waals surface area contributed by atoms with Gasteiger partial charge in [0.25, 0.3) is 11.5 Å². The number of nitrogens with zero attached hydrogens (tertiary/aromatic N) is 4. The third-order valence-corrected chi connectivity index (χ3v) is 7.85. The van der Waals surface area contributed by atoms with Crippen LogP contribution < -0.4 is 10.5 Å². The fourth-order valence-corrected chi connectivity index (χ4v) is 6.33. The maximum Gasteiger partial charge on any atom is 0.267 e. The van der Waals surface area contributed by atoms with E-state index in [1.165, 1.54) is 11.8 Å². The van der Waals surface area contributed by atoms with Gasteiger partial charge in [-0.25, -0.2) is 4.98 Å². The van der Waals surface area contributed by atoms with Crippen molar-refractivity contribution in [3.63, 3.8) is 0 Å². The van der Waals surface area contributed by atoms with Crippen molar-refractivity contribution in [2.45, 2.75) is 39.2 Å². The number of thiocarbonyl (C=S) groups is 1. The molecule has 0 bridgehead atoms. The Balaban J connectivity index is 1.56. The van der Waals surface area contributed by atoms with Crippen LogP contribution in [-0.2, 0) is 9.53 Å². The number of ether oxygens (including phenoxy) is 1. The lowest BCUT2D eigenvalue weighted by atomic mass is 9.91. The molecule has 0 radical (unpaired) electrons. The summed E-state index contributed by atoms with van der Waals surface area (Å²) < 4.78 is 7.75. The van der Waals surface area contributed by atoms with Gasteiger partial charge in [0.15, 0.2) is 0 Å². The Bertz CT molecular complexity index is 1180. The lowest BCUT2D eigenvalue weighted by Gasteiger charge is -2.36. The maximum atomic E-state index is 13.6. The van der Waals surface area contributed by atoms with E-state index in [4.69, 9.17) is 21.9 Å². The van der Waals surface area contributed by atoms with Gasteiger partial charge in [0.05, 0.1) is 23.1 Å². The van der Waals surface area contributed by atoms with Gasteiger partial charge in [-0.05, 0) is 49.3 Å². The molecule has 0 aromatic carbocycles. The van der Waals surface area contributed by atoms with Gasteiger partial charge in [0.2, 0.25) is 0 Å². The minimum Gasteiger partial charge on any atom is -0.376 e. The molecule has 0 N–H and O–H groups in total. The molecule has 0 unspecified atom stereocenters. The molecule has 174 valence electrons. The summed E-state index contributed by atoms with van der Waals surface area (Å²) in [7, 11) is 0. The monoisotopic (exact) mass is 484 g/mol. The normalized spacial score (nSPS) is 27.3. The van der Waals surface area contributed by atoms with Crippen molar-refractivity contribution >= 4 is 51.7 Å². The van der Waals surface area contributed by atoms with E-state index in [9.17, 15) is 9.59 Å². The molecule has 5 heterocycles. The Morgan fingerprint density at radius 1 is 1.24 bits per heavy atom. The zero-order chi connectivity index (χ0) is 23.1. The molecular formula is C24H28N4O3S2. The molecule has 5 rings (SSSR count). The van der Waals surface area contributed by atoms with Crippen LogP contribution in [0.2, 0.25) is 0 Å². The first-order chi connectivity index (χ1) is 15.9. The molecule has 0 saturated carbocycles.